The van der Waals surface area contributed by atoms with Crippen LogP contribution in [0.5, 0.6) is 0 Å². The van der Waals surface area contributed by atoms with Gasteiger partial charge in [-0.15, -0.1) is 0 Å². The van der Waals surface area contributed by atoms with Crippen LogP contribution in [-0.4, -0.2) is 49.1 Å². The highest BCUT2D eigenvalue weighted by Crippen LogP contribution is 2.14. The zero-order chi connectivity index (χ0) is 14.5. The lowest BCUT2D eigenvalue weighted by molar-refractivity contribution is 0.117. The highest BCUT2D eigenvalue weighted by molar-refractivity contribution is 5.24. The highest BCUT2D eigenvalue weighted by Gasteiger charge is 2.19. The number of benzene rings is 1. The van der Waals surface area contributed by atoms with E-state index < -0.39 is 0 Å². The lowest BCUT2D eigenvalue weighted by atomic mass is 10.1. The highest BCUT2D eigenvalue weighted by atomic mass is 15.3. The zero-order valence-electron chi connectivity index (χ0n) is 13.2. The molecule has 1 unspecified atom stereocenters. The number of hydrogen-bond acceptors (Lipinski definition) is 3. The molecule has 1 saturated heterocycles. The first-order valence-corrected chi connectivity index (χ1v) is 7.81. The first-order chi connectivity index (χ1) is 9.54. The van der Waals surface area contributed by atoms with Gasteiger partial charge >= 0.3 is 0 Å². The Morgan fingerprint density at radius 3 is 1.95 bits per heavy atom. The van der Waals surface area contributed by atoms with Crippen molar-refractivity contribution in [2.45, 2.75) is 26.8 Å². The molecule has 2 N–H and O–H groups in total. The second-order valence-electron chi connectivity index (χ2n) is 6.51. The Morgan fingerprint density at radius 2 is 1.45 bits per heavy atom. The Hall–Kier alpha value is -0.900. The molecule has 112 valence electrons. The van der Waals surface area contributed by atoms with Crippen molar-refractivity contribution >= 4 is 0 Å². The summed E-state index contributed by atoms with van der Waals surface area (Å²) in [4.78, 5) is 5.07. The molecule has 1 heterocycles. The van der Waals surface area contributed by atoms with Crippen molar-refractivity contribution in [1.29, 1.82) is 0 Å². The fourth-order valence-corrected chi connectivity index (χ4v) is 2.87. The molecular formula is C17H29N3. The number of rotatable bonds is 5. The van der Waals surface area contributed by atoms with Crippen LogP contribution in [-0.2, 0) is 0 Å². The van der Waals surface area contributed by atoms with Crippen LogP contribution >= 0.6 is 0 Å². The summed E-state index contributed by atoms with van der Waals surface area (Å²) in [5.74, 6) is 0.761. The molecular weight excluding hydrogens is 246 g/mol. The van der Waals surface area contributed by atoms with Crippen molar-refractivity contribution in [3.05, 3.63) is 35.4 Å². The minimum absolute atomic E-state index is 0.132. The van der Waals surface area contributed by atoms with E-state index >= 15 is 0 Å². The minimum atomic E-state index is 0.132. The van der Waals surface area contributed by atoms with Crippen molar-refractivity contribution in [1.82, 2.24) is 9.80 Å². The molecule has 2 rings (SSSR count). The van der Waals surface area contributed by atoms with Gasteiger partial charge in [-0.3, -0.25) is 4.90 Å². The van der Waals surface area contributed by atoms with Crippen molar-refractivity contribution in [3.63, 3.8) is 0 Å². The third-order valence-corrected chi connectivity index (χ3v) is 4.05. The van der Waals surface area contributed by atoms with Crippen LogP contribution in [0.1, 0.15) is 31.0 Å². The van der Waals surface area contributed by atoms with E-state index in [1.54, 1.807) is 0 Å². The molecule has 0 bridgehead atoms. The van der Waals surface area contributed by atoms with Crippen molar-refractivity contribution < 1.29 is 0 Å². The maximum absolute atomic E-state index is 6.34. The molecule has 3 nitrogen and oxygen atoms in total. The van der Waals surface area contributed by atoms with Gasteiger partial charge in [0.05, 0.1) is 0 Å². The molecule has 1 aliphatic rings. The first kappa shape index (κ1) is 15.5. The predicted molar refractivity (Wildman–Crippen MR) is 85.8 cm³/mol. The number of nitrogens with two attached hydrogens (primary N) is 1. The van der Waals surface area contributed by atoms with Gasteiger partial charge in [0, 0.05) is 45.3 Å². The summed E-state index contributed by atoms with van der Waals surface area (Å²) in [5, 5.41) is 0. The number of hydrogen-bond donors (Lipinski definition) is 1. The normalized spacial score (nSPS) is 19.4. The Balaban J connectivity index is 1.79. The molecule has 3 heteroatoms. The third kappa shape index (κ3) is 4.58. The fourth-order valence-electron chi connectivity index (χ4n) is 2.87. The van der Waals surface area contributed by atoms with Gasteiger partial charge in [0.2, 0.25) is 0 Å². The second kappa shape index (κ2) is 7.21. The van der Waals surface area contributed by atoms with Crippen LogP contribution < -0.4 is 5.73 Å². The second-order valence-corrected chi connectivity index (χ2v) is 6.51. The van der Waals surface area contributed by atoms with Gasteiger partial charge in [-0.1, -0.05) is 43.7 Å². The Bertz CT molecular complexity index is 391. The summed E-state index contributed by atoms with van der Waals surface area (Å²) in [6.07, 6.45) is 0. The van der Waals surface area contributed by atoms with Gasteiger partial charge < -0.3 is 10.6 Å². The summed E-state index contributed by atoms with van der Waals surface area (Å²) in [6, 6.07) is 8.75. The van der Waals surface area contributed by atoms with Crippen LogP contribution in [0.2, 0.25) is 0 Å². The number of piperazine rings is 1. The molecule has 0 aliphatic carbocycles. The Morgan fingerprint density at radius 1 is 0.950 bits per heavy atom. The molecule has 0 spiro atoms. The molecule has 1 atom stereocenters. The Labute approximate surface area is 123 Å². The summed E-state index contributed by atoms with van der Waals surface area (Å²) in [7, 11) is 0. The lowest BCUT2D eigenvalue weighted by Gasteiger charge is -2.36. The lowest BCUT2D eigenvalue weighted by Crippen LogP contribution is -2.49. The monoisotopic (exact) mass is 275 g/mol. The van der Waals surface area contributed by atoms with Crippen molar-refractivity contribution in [2.24, 2.45) is 11.7 Å². The SMILES string of the molecule is Cc1ccc(C(N)CN2CCN(CC(C)C)CC2)cc1. The topological polar surface area (TPSA) is 32.5 Å². The van der Waals surface area contributed by atoms with Crippen molar-refractivity contribution in [3.8, 4) is 0 Å². The molecule has 0 amide bonds. The molecule has 0 saturated carbocycles. The van der Waals surface area contributed by atoms with Crippen LogP contribution in [0.15, 0.2) is 24.3 Å². The van der Waals surface area contributed by atoms with Gasteiger partial charge in [0.15, 0.2) is 0 Å². The van der Waals surface area contributed by atoms with E-state index in [2.05, 4.69) is 54.8 Å². The van der Waals surface area contributed by atoms with Crippen LogP contribution in [0, 0.1) is 12.8 Å². The predicted octanol–water partition coefficient (Wildman–Crippen LogP) is 2.27. The summed E-state index contributed by atoms with van der Waals surface area (Å²) in [6.45, 7) is 13.5. The maximum atomic E-state index is 6.34. The van der Waals surface area contributed by atoms with Crippen LogP contribution in [0.3, 0.4) is 0 Å². The van der Waals surface area contributed by atoms with E-state index in [-0.39, 0.29) is 6.04 Å². The summed E-state index contributed by atoms with van der Waals surface area (Å²) < 4.78 is 0. The molecule has 0 aromatic heterocycles. The van der Waals surface area contributed by atoms with E-state index in [1.165, 1.54) is 30.8 Å². The van der Waals surface area contributed by atoms with Gasteiger partial charge in [-0.05, 0) is 18.4 Å². The first-order valence-electron chi connectivity index (χ1n) is 7.81. The van der Waals surface area contributed by atoms with Crippen LogP contribution in [0.25, 0.3) is 0 Å². The molecule has 0 radical (unpaired) electrons. The maximum Gasteiger partial charge on any atom is 0.0424 e. The largest absolute Gasteiger partial charge is 0.323 e. The molecule has 1 aliphatic heterocycles. The van der Waals surface area contributed by atoms with Gasteiger partial charge in [-0.2, -0.15) is 0 Å². The quantitative estimate of drug-likeness (QED) is 0.895. The fraction of sp³-hybridized carbons (Fsp3) is 0.647. The minimum Gasteiger partial charge on any atom is -0.323 e. The molecule has 1 aromatic carbocycles. The van der Waals surface area contributed by atoms with Crippen molar-refractivity contribution in [2.75, 3.05) is 39.3 Å². The van der Waals surface area contributed by atoms with E-state index in [1.807, 2.05) is 0 Å². The molecule has 1 fully saturated rings. The third-order valence-electron chi connectivity index (χ3n) is 4.05. The number of aryl methyl sites for hydroxylation is 1. The van der Waals surface area contributed by atoms with E-state index in [0.29, 0.717) is 0 Å². The van der Waals surface area contributed by atoms with Crippen LogP contribution in [0.4, 0.5) is 0 Å². The van der Waals surface area contributed by atoms with Gasteiger partial charge in [-0.25, -0.2) is 0 Å². The molecule has 1 aromatic rings. The number of nitrogens with zero attached hydrogens (tertiary/aromatic N) is 2. The zero-order valence-corrected chi connectivity index (χ0v) is 13.2. The van der Waals surface area contributed by atoms with Gasteiger partial charge in [0.1, 0.15) is 0 Å². The Kier molecular flexibility index (Phi) is 5.58. The summed E-state index contributed by atoms with van der Waals surface area (Å²) >= 11 is 0. The average Bonchev–Trinajstić information content (AvgIpc) is 2.41. The van der Waals surface area contributed by atoms with Gasteiger partial charge in [0.25, 0.3) is 0 Å². The van der Waals surface area contributed by atoms with E-state index in [9.17, 15) is 0 Å². The smallest absolute Gasteiger partial charge is 0.0424 e. The van der Waals surface area contributed by atoms with E-state index in [0.717, 1.165) is 25.6 Å². The molecule has 20 heavy (non-hydrogen) atoms. The average molecular weight is 275 g/mol. The van der Waals surface area contributed by atoms with E-state index in [4.69, 9.17) is 5.73 Å². The standard InChI is InChI=1S/C17H29N3/c1-14(2)12-19-8-10-20(11-9-19)13-17(18)16-6-4-15(3)5-7-16/h4-7,14,17H,8-13,18H2,1-3H3. The summed E-state index contributed by atoms with van der Waals surface area (Å²) in [5.41, 5.74) is 8.88.